The number of amides is 1. The van der Waals surface area contributed by atoms with Gasteiger partial charge in [0, 0.05) is 25.5 Å². The molecule has 1 aliphatic heterocycles. The molecule has 1 aliphatic rings. The second-order valence-corrected chi connectivity index (χ2v) is 9.66. The van der Waals surface area contributed by atoms with Crippen molar-refractivity contribution in [3.63, 3.8) is 0 Å². The molecule has 1 unspecified atom stereocenters. The van der Waals surface area contributed by atoms with Crippen LogP contribution in [0.3, 0.4) is 0 Å². The molecule has 10 heteroatoms. The fourth-order valence-electron chi connectivity index (χ4n) is 4.33. The van der Waals surface area contributed by atoms with Crippen LogP contribution < -0.4 is 14.8 Å². The highest BCUT2D eigenvalue weighted by atomic mass is 35.5. The zero-order chi connectivity index (χ0) is 27.0. The van der Waals surface area contributed by atoms with Crippen molar-refractivity contribution in [1.29, 1.82) is 0 Å². The number of anilines is 2. The van der Waals surface area contributed by atoms with Crippen molar-refractivity contribution in [2.24, 2.45) is 0 Å². The lowest BCUT2D eigenvalue weighted by molar-refractivity contribution is -0.132. The summed E-state index contributed by atoms with van der Waals surface area (Å²) >= 11 is 6.51. The monoisotopic (exact) mass is 547 g/mol. The Balaban J connectivity index is 1.24. The number of hydrogen-bond donors (Lipinski definition) is 1. The van der Waals surface area contributed by atoms with Crippen molar-refractivity contribution in [2.45, 2.75) is 32.0 Å². The Morgan fingerprint density at radius 1 is 1.10 bits per heavy atom. The molecular formula is C29H30ClN5O4. The first kappa shape index (κ1) is 26.6. The highest BCUT2D eigenvalue weighted by Gasteiger charge is 2.21. The molecule has 3 heterocycles. The molecule has 1 N–H and O–H groups in total. The number of carbonyl (C=O) groups is 1. The van der Waals surface area contributed by atoms with Crippen LogP contribution in [0.4, 0.5) is 11.5 Å². The van der Waals surface area contributed by atoms with E-state index in [0.29, 0.717) is 48.5 Å². The van der Waals surface area contributed by atoms with Crippen LogP contribution in [0.2, 0.25) is 5.02 Å². The van der Waals surface area contributed by atoms with E-state index in [-0.39, 0.29) is 12.0 Å². The average molecular weight is 548 g/mol. The highest BCUT2D eigenvalue weighted by Crippen LogP contribution is 2.34. The zero-order valence-electron chi connectivity index (χ0n) is 21.7. The van der Waals surface area contributed by atoms with Gasteiger partial charge >= 0.3 is 0 Å². The standard InChI is InChI=1S/C29H30ClN5O4/c1-35(27(36)17-22-7-5-14-37-22)13-15-38-26-9-4-8-24-28(26)29(33-19-32-24)34-20-10-11-25(23(30)16-20)39-18-21-6-2-3-12-31-21/h2-4,6,8-12,16,19,22H,5,7,13-15,17-18H2,1H3,(H,32,33,34). The van der Waals surface area contributed by atoms with Gasteiger partial charge in [0.15, 0.2) is 0 Å². The quantitative estimate of drug-likeness (QED) is 0.266. The van der Waals surface area contributed by atoms with Gasteiger partial charge in [0.25, 0.3) is 0 Å². The number of benzene rings is 2. The molecule has 0 bridgehead atoms. The molecule has 0 spiro atoms. The number of rotatable bonds is 11. The van der Waals surface area contributed by atoms with Gasteiger partial charge in [-0.25, -0.2) is 9.97 Å². The van der Waals surface area contributed by atoms with Gasteiger partial charge in [-0.05, 0) is 55.3 Å². The number of hydrogen-bond acceptors (Lipinski definition) is 8. The smallest absolute Gasteiger partial charge is 0.225 e. The number of carbonyl (C=O) groups excluding carboxylic acids is 1. The van der Waals surface area contributed by atoms with E-state index in [4.69, 9.17) is 25.8 Å². The summed E-state index contributed by atoms with van der Waals surface area (Å²) in [7, 11) is 1.79. The molecule has 1 fully saturated rings. The third kappa shape index (κ3) is 6.93. The number of likely N-dealkylation sites (N-methyl/N-ethyl adjacent to an activating group) is 1. The minimum atomic E-state index is 0.0275. The van der Waals surface area contributed by atoms with Crippen molar-refractivity contribution in [3.8, 4) is 11.5 Å². The fourth-order valence-corrected chi connectivity index (χ4v) is 4.57. The second-order valence-electron chi connectivity index (χ2n) is 9.26. The van der Waals surface area contributed by atoms with Crippen LogP contribution >= 0.6 is 11.6 Å². The third-order valence-corrected chi connectivity index (χ3v) is 6.75. The third-order valence-electron chi connectivity index (χ3n) is 6.46. The summed E-state index contributed by atoms with van der Waals surface area (Å²) < 4.78 is 17.5. The van der Waals surface area contributed by atoms with Crippen molar-refractivity contribution >= 4 is 39.9 Å². The van der Waals surface area contributed by atoms with Gasteiger partial charge in [0.1, 0.15) is 36.9 Å². The van der Waals surface area contributed by atoms with Gasteiger partial charge in [0.05, 0.1) is 40.7 Å². The predicted octanol–water partition coefficient (Wildman–Crippen LogP) is 5.41. The topological polar surface area (TPSA) is 98.7 Å². The van der Waals surface area contributed by atoms with E-state index in [1.165, 1.54) is 6.33 Å². The maximum absolute atomic E-state index is 12.5. The first-order valence-electron chi connectivity index (χ1n) is 12.9. The van der Waals surface area contributed by atoms with E-state index in [1.807, 2.05) is 42.5 Å². The van der Waals surface area contributed by atoms with Crippen LogP contribution in [0.1, 0.15) is 25.0 Å². The van der Waals surface area contributed by atoms with Crippen LogP contribution in [0.25, 0.3) is 10.9 Å². The lowest BCUT2D eigenvalue weighted by Gasteiger charge is -2.20. The lowest BCUT2D eigenvalue weighted by atomic mass is 10.1. The molecule has 0 radical (unpaired) electrons. The zero-order valence-corrected chi connectivity index (χ0v) is 22.4. The van der Waals surface area contributed by atoms with Gasteiger partial charge in [-0.1, -0.05) is 23.7 Å². The molecule has 4 aromatic rings. The Morgan fingerprint density at radius 3 is 2.82 bits per heavy atom. The summed E-state index contributed by atoms with van der Waals surface area (Å²) in [5.74, 6) is 1.81. The SMILES string of the molecule is CN(CCOc1cccc2ncnc(Nc3ccc(OCc4ccccn4)c(Cl)c3)c12)C(=O)CC1CCCO1. The van der Waals surface area contributed by atoms with Crippen molar-refractivity contribution in [3.05, 3.63) is 77.8 Å². The number of nitrogens with one attached hydrogen (secondary N) is 1. The molecule has 1 amide bonds. The average Bonchev–Trinajstić information content (AvgIpc) is 3.46. The summed E-state index contributed by atoms with van der Waals surface area (Å²) in [6.07, 6.45) is 5.61. The van der Waals surface area contributed by atoms with Crippen LogP contribution in [-0.2, 0) is 16.1 Å². The maximum Gasteiger partial charge on any atom is 0.225 e. The molecule has 39 heavy (non-hydrogen) atoms. The number of ether oxygens (including phenoxy) is 3. The Hall–Kier alpha value is -3.95. The van der Waals surface area contributed by atoms with Crippen molar-refractivity contribution in [1.82, 2.24) is 19.9 Å². The summed E-state index contributed by atoms with van der Waals surface area (Å²) in [6.45, 7) is 1.84. The summed E-state index contributed by atoms with van der Waals surface area (Å²) in [5.41, 5.74) is 2.28. The Labute approximate surface area is 232 Å². The van der Waals surface area contributed by atoms with Crippen molar-refractivity contribution < 1.29 is 19.0 Å². The molecular weight excluding hydrogens is 518 g/mol. The molecule has 9 nitrogen and oxygen atoms in total. The van der Waals surface area contributed by atoms with E-state index < -0.39 is 0 Å². The number of halogens is 1. The highest BCUT2D eigenvalue weighted by molar-refractivity contribution is 6.32. The van der Waals surface area contributed by atoms with Gasteiger partial charge in [-0.2, -0.15) is 0 Å². The predicted molar refractivity (Wildman–Crippen MR) is 150 cm³/mol. The lowest BCUT2D eigenvalue weighted by Crippen LogP contribution is -2.33. The first-order valence-corrected chi connectivity index (χ1v) is 13.3. The fraction of sp³-hybridized carbons (Fsp3) is 0.310. The van der Waals surface area contributed by atoms with E-state index in [0.717, 1.165) is 41.7 Å². The Bertz CT molecular complexity index is 1410. The first-order chi connectivity index (χ1) is 19.1. The number of nitrogens with zero attached hydrogens (tertiary/aromatic N) is 4. The summed E-state index contributed by atoms with van der Waals surface area (Å²) in [5, 5.41) is 4.52. The number of pyridine rings is 1. The van der Waals surface area contributed by atoms with E-state index >= 15 is 0 Å². The Morgan fingerprint density at radius 2 is 2.03 bits per heavy atom. The van der Waals surface area contributed by atoms with Crippen LogP contribution in [0, 0.1) is 0 Å². The summed E-state index contributed by atoms with van der Waals surface area (Å²) in [4.78, 5) is 27.3. The van der Waals surface area contributed by atoms with Gasteiger partial charge in [-0.15, -0.1) is 0 Å². The molecule has 5 rings (SSSR count). The minimum Gasteiger partial charge on any atom is -0.491 e. The molecule has 1 saturated heterocycles. The van der Waals surface area contributed by atoms with Gasteiger partial charge in [-0.3, -0.25) is 9.78 Å². The Kier molecular flexibility index (Phi) is 8.70. The largest absolute Gasteiger partial charge is 0.491 e. The van der Waals surface area contributed by atoms with E-state index in [9.17, 15) is 4.79 Å². The number of aromatic nitrogens is 3. The normalized spacial score (nSPS) is 14.8. The van der Waals surface area contributed by atoms with E-state index in [1.54, 1.807) is 30.3 Å². The minimum absolute atomic E-state index is 0.0275. The molecule has 2 aromatic heterocycles. The van der Waals surface area contributed by atoms with Crippen LogP contribution in [0.15, 0.2) is 67.1 Å². The number of fused-ring (bicyclic) bond motifs is 1. The maximum atomic E-state index is 12.5. The molecule has 1 atom stereocenters. The van der Waals surface area contributed by atoms with E-state index in [2.05, 4.69) is 20.3 Å². The molecule has 202 valence electrons. The molecule has 0 aliphatic carbocycles. The molecule has 0 saturated carbocycles. The molecule has 2 aromatic carbocycles. The van der Waals surface area contributed by atoms with Crippen LogP contribution in [0.5, 0.6) is 11.5 Å². The summed E-state index contributed by atoms with van der Waals surface area (Å²) in [6, 6.07) is 16.8. The van der Waals surface area contributed by atoms with Crippen LogP contribution in [-0.4, -0.2) is 58.7 Å². The van der Waals surface area contributed by atoms with Gasteiger partial charge < -0.3 is 24.4 Å². The second kappa shape index (κ2) is 12.7. The van der Waals surface area contributed by atoms with Gasteiger partial charge in [0.2, 0.25) is 5.91 Å². The van der Waals surface area contributed by atoms with Crippen molar-refractivity contribution in [2.75, 3.05) is 32.1 Å².